The van der Waals surface area contributed by atoms with Gasteiger partial charge in [-0.2, -0.15) is 0 Å². The van der Waals surface area contributed by atoms with Crippen molar-refractivity contribution in [3.05, 3.63) is 74.3 Å². The molecule has 0 atom stereocenters. The van der Waals surface area contributed by atoms with Gasteiger partial charge >= 0.3 is 5.76 Å². The molecule has 0 unspecified atom stereocenters. The zero-order valence-electron chi connectivity index (χ0n) is 15.3. The molecule has 0 saturated carbocycles. The maximum absolute atomic E-state index is 12.0. The molecule has 0 bridgehead atoms. The minimum Gasteiger partial charge on any atom is -0.407 e. The van der Waals surface area contributed by atoms with Crippen LogP contribution in [0.3, 0.4) is 0 Å². The standard InChI is InChI=1S/C19H18N4O6/c20-18(25)13-4-1-3-12(9-13)11-21-17(24)5-2-8-22-15-7-6-14(23(27)28)10-16(15)29-19(22)26/h1,3-4,6-7,9-10H,2,5,8,11H2,(H2,20,25)(H,21,24). The van der Waals surface area contributed by atoms with Gasteiger partial charge in [0.15, 0.2) is 5.58 Å². The molecule has 0 aliphatic heterocycles. The number of carbonyl (C=O) groups excluding carboxylic acids is 2. The van der Waals surface area contributed by atoms with Crippen LogP contribution in [0.15, 0.2) is 51.7 Å². The number of nitro groups is 1. The number of fused-ring (bicyclic) bond motifs is 1. The van der Waals surface area contributed by atoms with E-state index in [0.29, 0.717) is 17.5 Å². The summed E-state index contributed by atoms with van der Waals surface area (Å²) in [5.74, 6) is -1.39. The average Bonchev–Trinajstić information content (AvgIpc) is 3.01. The number of aryl methyl sites for hydroxylation is 1. The number of nitrogens with one attached hydrogen (secondary N) is 1. The number of rotatable bonds is 8. The number of hydrogen-bond acceptors (Lipinski definition) is 6. The topological polar surface area (TPSA) is 150 Å². The highest BCUT2D eigenvalue weighted by atomic mass is 16.6. The molecule has 10 heteroatoms. The number of oxazole rings is 1. The highest BCUT2D eigenvalue weighted by Crippen LogP contribution is 2.20. The van der Waals surface area contributed by atoms with Crippen LogP contribution in [0, 0.1) is 10.1 Å². The van der Waals surface area contributed by atoms with E-state index >= 15 is 0 Å². The Bertz CT molecular complexity index is 1150. The third-order valence-electron chi connectivity index (χ3n) is 4.35. The van der Waals surface area contributed by atoms with Gasteiger partial charge in [-0.15, -0.1) is 0 Å². The van der Waals surface area contributed by atoms with Crippen molar-refractivity contribution in [3.63, 3.8) is 0 Å². The Morgan fingerprint density at radius 2 is 2.00 bits per heavy atom. The smallest absolute Gasteiger partial charge is 0.407 e. The molecular weight excluding hydrogens is 380 g/mol. The molecule has 0 spiro atoms. The number of benzene rings is 2. The van der Waals surface area contributed by atoms with Gasteiger partial charge in [0.1, 0.15) is 0 Å². The number of hydrogen-bond donors (Lipinski definition) is 2. The first-order valence-corrected chi connectivity index (χ1v) is 8.78. The minimum atomic E-state index is -0.635. The van der Waals surface area contributed by atoms with E-state index in [1.165, 1.54) is 22.8 Å². The van der Waals surface area contributed by atoms with Gasteiger partial charge in [0, 0.05) is 31.1 Å². The Hall–Kier alpha value is -3.95. The van der Waals surface area contributed by atoms with Crippen molar-refractivity contribution < 1.29 is 18.9 Å². The van der Waals surface area contributed by atoms with Gasteiger partial charge in [-0.1, -0.05) is 12.1 Å². The fraction of sp³-hybridized carbons (Fsp3) is 0.211. The van der Waals surface area contributed by atoms with E-state index in [4.69, 9.17) is 10.2 Å². The molecular formula is C19H18N4O6. The summed E-state index contributed by atoms with van der Waals surface area (Å²) in [6, 6.07) is 10.6. The maximum atomic E-state index is 12.0. The van der Waals surface area contributed by atoms with Gasteiger partial charge in [-0.25, -0.2) is 4.79 Å². The molecule has 3 aromatic rings. The molecule has 1 aromatic heterocycles. The summed E-state index contributed by atoms with van der Waals surface area (Å²) in [6.07, 6.45) is 0.542. The molecule has 3 rings (SSSR count). The van der Waals surface area contributed by atoms with E-state index in [1.54, 1.807) is 24.3 Å². The molecule has 150 valence electrons. The van der Waals surface area contributed by atoms with Gasteiger partial charge in [0.05, 0.1) is 16.5 Å². The highest BCUT2D eigenvalue weighted by Gasteiger charge is 2.14. The van der Waals surface area contributed by atoms with Crippen molar-refractivity contribution in [1.29, 1.82) is 0 Å². The summed E-state index contributed by atoms with van der Waals surface area (Å²) in [4.78, 5) is 45.5. The second-order valence-corrected chi connectivity index (χ2v) is 6.37. The molecule has 0 aliphatic carbocycles. The Balaban J connectivity index is 1.56. The number of carbonyl (C=O) groups is 2. The van der Waals surface area contributed by atoms with Crippen molar-refractivity contribution in [1.82, 2.24) is 9.88 Å². The first-order chi connectivity index (χ1) is 13.8. The van der Waals surface area contributed by atoms with Crippen molar-refractivity contribution >= 4 is 28.6 Å². The number of amides is 2. The van der Waals surface area contributed by atoms with E-state index in [1.807, 2.05) is 0 Å². The van der Waals surface area contributed by atoms with Gasteiger partial charge < -0.3 is 15.5 Å². The molecule has 2 aromatic carbocycles. The van der Waals surface area contributed by atoms with Crippen molar-refractivity contribution in [2.45, 2.75) is 25.9 Å². The Labute approximate surface area is 164 Å². The second kappa shape index (κ2) is 8.38. The number of primary amides is 1. The van der Waals surface area contributed by atoms with Crippen LogP contribution < -0.4 is 16.8 Å². The molecule has 0 aliphatic rings. The average molecular weight is 398 g/mol. The lowest BCUT2D eigenvalue weighted by Gasteiger charge is -2.07. The molecule has 3 N–H and O–H groups in total. The van der Waals surface area contributed by atoms with Crippen LogP contribution in [0.4, 0.5) is 5.69 Å². The molecule has 2 amide bonds. The van der Waals surface area contributed by atoms with Crippen LogP contribution >= 0.6 is 0 Å². The zero-order valence-corrected chi connectivity index (χ0v) is 15.3. The summed E-state index contributed by atoms with van der Waals surface area (Å²) in [5.41, 5.74) is 6.73. The van der Waals surface area contributed by atoms with Gasteiger partial charge in [0.25, 0.3) is 5.69 Å². The number of nitrogens with zero attached hydrogens (tertiary/aromatic N) is 2. The molecule has 0 saturated heterocycles. The van der Waals surface area contributed by atoms with E-state index < -0.39 is 16.6 Å². The summed E-state index contributed by atoms with van der Waals surface area (Å²) in [7, 11) is 0. The first-order valence-electron chi connectivity index (χ1n) is 8.78. The number of nitrogens with two attached hydrogens (primary N) is 1. The van der Waals surface area contributed by atoms with Crippen LogP contribution in [-0.2, 0) is 17.9 Å². The quantitative estimate of drug-likeness (QED) is 0.435. The van der Waals surface area contributed by atoms with Crippen LogP contribution in [0.2, 0.25) is 0 Å². The second-order valence-electron chi connectivity index (χ2n) is 6.37. The number of aromatic nitrogens is 1. The lowest BCUT2D eigenvalue weighted by atomic mass is 10.1. The molecule has 1 heterocycles. The maximum Gasteiger partial charge on any atom is 0.419 e. The van der Waals surface area contributed by atoms with Crippen LogP contribution in [-0.4, -0.2) is 21.3 Å². The summed E-state index contributed by atoms with van der Waals surface area (Å²) >= 11 is 0. The normalized spacial score (nSPS) is 10.8. The van der Waals surface area contributed by atoms with Gasteiger partial charge in [-0.05, 0) is 30.2 Å². The fourth-order valence-corrected chi connectivity index (χ4v) is 2.90. The van der Waals surface area contributed by atoms with Crippen molar-refractivity contribution in [2.75, 3.05) is 0 Å². The largest absolute Gasteiger partial charge is 0.419 e. The fourth-order valence-electron chi connectivity index (χ4n) is 2.90. The summed E-state index contributed by atoms with van der Waals surface area (Å²) in [5, 5.41) is 13.6. The lowest BCUT2D eigenvalue weighted by molar-refractivity contribution is -0.384. The molecule has 29 heavy (non-hydrogen) atoms. The van der Waals surface area contributed by atoms with Crippen LogP contribution in [0.5, 0.6) is 0 Å². The lowest BCUT2D eigenvalue weighted by Crippen LogP contribution is -2.24. The first kappa shape index (κ1) is 19.8. The van der Waals surface area contributed by atoms with E-state index in [0.717, 1.165) is 5.56 Å². The van der Waals surface area contributed by atoms with E-state index in [2.05, 4.69) is 5.32 Å². The third-order valence-corrected chi connectivity index (χ3v) is 4.35. The van der Waals surface area contributed by atoms with Crippen LogP contribution in [0.25, 0.3) is 11.1 Å². The Morgan fingerprint density at radius 1 is 1.21 bits per heavy atom. The predicted molar refractivity (Wildman–Crippen MR) is 103 cm³/mol. The SMILES string of the molecule is NC(=O)c1cccc(CNC(=O)CCCn2c(=O)oc3cc([N+](=O)[O-])ccc32)c1. The minimum absolute atomic E-state index is 0.128. The number of nitro benzene ring substituents is 1. The third kappa shape index (κ3) is 4.67. The number of non-ortho nitro benzene ring substituents is 1. The monoisotopic (exact) mass is 398 g/mol. The van der Waals surface area contributed by atoms with Crippen LogP contribution in [0.1, 0.15) is 28.8 Å². The Morgan fingerprint density at radius 3 is 2.72 bits per heavy atom. The zero-order chi connectivity index (χ0) is 21.0. The molecule has 0 fully saturated rings. The summed E-state index contributed by atoms with van der Waals surface area (Å²) < 4.78 is 6.38. The molecule has 0 radical (unpaired) electrons. The van der Waals surface area contributed by atoms with E-state index in [-0.39, 0.29) is 36.7 Å². The molecule has 10 nitrogen and oxygen atoms in total. The highest BCUT2D eigenvalue weighted by molar-refractivity contribution is 5.92. The van der Waals surface area contributed by atoms with Gasteiger partial charge in [-0.3, -0.25) is 24.3 Å². The Kier molecular flexibility index (Phi) is 5.72. The van der Waals surface area contributed by atoms with Crippen molar-refractivity contribution in [3.8, 4) is 0 Å². The predicted octanol–water partition coefficient (Wildman–Crippen LogP) is 1.70. The van der Waals surface area contributed by atoms with E-state index in [9.17, 15) is 24.5 Å². The van der Waals surface area contributed by atoms with Gasteiger partial charge in [0.2, 0.25) is 11.8 Å². The summed E-state index contributed by atoms with van der Waals surface area (Å²) in [6.45, 7) is 0.479. The van der Waals surface area contributed by atoms with Crippen molar-refractivity contribution in [2.24, 2.45) is 5.73 Å².